The van der Waals surface area contributed by atoms with E-state index in [1.54, 1.807) is 0 Å². The number of hydrogen-bond donors (Lipinski definition) is 2. The van der Waals surface area contributed by atoms with Gasteiger partial charge in [0.2, 0.25) is 0 Å². The largest absolute Gasteiger partial charge is 0.417 e. The van der Waals surface area contributed by atoms with Crippen LogP contribution in [0, 0.1) is 0 Å². The number of benzene rings is 1. The fourth-order valence-corrected chi connectivity index (χ4v) is 1.56. The van der Waals surface area contributed by atoms with Crippen molar-refractivity contribution in [2.45, 2.75) is 24.7 Å². The number of nitrogens with one attached hydrogen (secondary N) is 1. The van der Waals surface area contributed by atoms with E-state index < -0.39 is 17.6 Å². The molecule has 2 unspecified atom stereocenters. The molecule has 1 aromatic carbocycles. The quantitative estimate of drug-likeness (QED) is 0.829. The number of carbonyl (C=O) groups is 1. The molecule has 1 aromatic rings. The normalized spacial score (nSPS) is 23.3. The van der Waals surface area contributed by atoms with Crippen LogP contribution in [0.15, 0.2) is 24.3 Å². The maximum atomic E-state index is 12.6. The van der Waals surface area contributed by atoms with Crippen molar-refractivity contribution in [1.29, 1.82) is 0 Å². The Bertz CT molecular complexity index is 445. The Morgan fingerprint density at radius 2 is 1.94 bits per heavy atom. The molecule has 1 aliphatic rings. The van der Waals surface area contributed by atoms with Crippen molar-refractivity contribution in [3.8, 4) is 0 Å². The summed E-state index contributed by atoms with van der Waals surface area (Å²) in [6, 6.07) is 4.36. The minimum absolute atomic E-state index is 0.142. The zero-order chi connectivity index (χ0) is 12.6. The van der Waals surface area contributed by atoms with Gasteiger partial charge >= 0.3 is 6.18 Å². The number of carbonyl (C=O) groups excluding carboxylic acids is 1. The second-order valence-electron chi connectivity index (χ2n) is 4.02. The maximum absolute atomic E-state index is 12.6. The summed E-state index contributed by atoms with van der Waals surface area (Å²) in [6.45, 7) is 0. The number of hydrogen-bond acceptors (Lipinski definition) is 2. The number of amides is 1. The Morgan fingerprint density at radius 1 is 1.35 bits per heavy atom. The van der Waals surface area contributed by atoms with Crippen molar-refractivity contribution >= 4 is 5.91 Å². The molecule has 0 aliphatic heterocycles. The summed E-state index contributed by atoms with van der Waals surface area (Å²) in [4.78, 5) is 11.6. The third-order valence-corrected chi connectivity index (χ3v) is 2.63. The molecule has 2 rings (SSSR count). The molecule has 1 saturated carbocycles. The van der Waals surface area contributed by atoms with Gasteiger partial charge in [0.25, 0.3) is 5.91 Å². The van der Waals surface area contributed by atoms with Crippen molar-refractivity contribution in [2.24, 2.45) is 5.73 Å². The molecule has 1 aliphatic carbocycles. The highest BCUT2D eigenvalue weighted by atomic mass is 19.4. The predicted octanol–water partition coefficient (Wildman–Crippen LogP) is 1.53. The van der Waals surface area contributed by atoms with Crippen LogP contribution in [0.5, 0.6) is 0 Å². The first-order valence-corrected chi connectivity index (χ1v) is 5.12. The van der Waals surface area contributed by atoms with Crippen molar-refractivity contribution < 1.29 is 18.0 Å². The Hall–Kier alpha value is -1.56. The molecule has 1 amide bonds. The molecule has 3 nitrogen and oxygen atoms in total. The lowest BCUT2D eigenvalue weighted by atomic mass is 10.1. The van der Waals surface area contributed by atoms with Gasteiger partial charge in [0.1, 0.15) is 0 Å². The van der Waals surface area contributed by atoms with E-state index in [0.717, 1.165) is 12.1 Å². The number of rotatable bonds is 2. The van der Waals surface area contributed by atoms with Crippen LogP contribution in [0.25, 0.3) is 0 Å². The van der Waals surface area contributed by atoms with Gasteiger partial charge in [-0.05, 0) is 18.6 Å². The fraction of sp³-hybridized carbons (Fsp3) is 0.364. The van der Waals surface area contributed by atoms with E-state index in [4.69, 9.17) is 5.73 Å². The first kappa shape index (κ1) is 11.9. The summed E-state index contributed by atoms with van der Waals surface area (Å²) in [7, 11) is 0. The average Bonchev–Trinajstić information content (AvgIpc) is 2.93. The second kappa shape index (κ2) is 4.03. The molecule has 92 valence electrons. The molecule has 0 spiro atoms. The van der Waals surface area contributed by atoms with Crippen LogP contribution in [-0.4, -0.2) is 18.0 Å². The molecule has 0 radical (unpaired) electrons. The molecule has 0 aromatic heterocycles. The summed E-state index contributed by atoms with van der Waals surface area (Å²) < 4.78 is 37.9. The fourth-order valence-electron chi connectivity index (χ4n) is 1.56. The minimum Gasteiger partial charge on any atom is -0.348 e. The van der Waals surface area contributed by atoms with Gasteiger partial charge in [-0.15, -0.1) is 0 Å². The summed E-state index contributed by atoms with van der Waals surface area (Å²) in [5.74, 6) is -0.726. The van der Waals surface area contributed by atoms with E-state index in [1.165, 1.54) is 12.1 Å². The molecule has 0 heterocycles. The van der Waals surface area contributed by atoms with Gasteiger partial charge in [-0.2, -0.15) is 13.2 Å². The Labute approximate surface area is 95.8 Å². The minimum atomic E-state index is -4.53. The lowest BCUT2D eigenvalue weighted by Crippen LogP contribution is -2.31. The molecular formula is C11H11F3N2O. The van der Waals surface area contributed by atoms with E-state index in [9.17, 15) is 18.0 Å². The average molecular weight is 244 g/mol. The van der Waals surface area contributed by atoms with Crippen molar-refractivity contribution in [2.75, 3.05) is 0 Å². The summed E-state index contributed by atoms with van der Waals surface area (Å²) in [5, 5.41) is 2.47. The molecule has 0 bridgehead atoms. The van der Waals surface area contributed by atoms with E-state index in [-0.39, 0.29) is 17.6 Å². The lowest BCUT2D eigenvalue weighted by molar-refractivity contribution is -0.137. The molecule has 1 fully saturated rings. The lowest BCUT2D eigenvalue weighted by Gasteiger charge is -2.12. The molecule has 6 heteroatoms. The van der Waals surface area contributed by atoms with Gasteiger partial charge in [-0.1, -0.05) is 12.1 Å². The summed E-state index contributed by atoms with van der Waals surface area (Å²) in [5.41, 5.74) is 4.19. The Balaban J connectivity index is 2.22. The third-order valence-electron chi connectivity index (χ3n) is 2.63. The van der Waals surface area contributed by atoms with Crippen LogP contribution < -0.4 is 11.1 Å². The van der Waals surface area contributed by atoms with Gasteiger partial charge in [-0.25, -0.2) is 0 Å². The van der Waals surface area contributed by atoms with E-state index in [1.807, 2.05) is 0 Å². The van der Waals surface area contributed by atoms with Crippen molar-refractivity contribution in [1.82, 2.24) is 5.32 Å². The SMILES string of the molecule is NC1CC1NC(=O)c1ccccc1C(F)(F)F. The number of halogens is 3. The van der Waals surface area contributed by atoms with Crippen LogP contribution in [0.1, 0.15) is 22.3 Å². The zero-order valence-electron chi connectivity index (χ0n) is 8.79. The van der Waals surface area contributed by atoms with Crippen molar-refractivity contribution in [3.63, 3.8) is 0 Å². The second-order valence-corrected chi connectivity index (χ2v) is 4.02. The Morgan fingerprint density at radius 3 is 2.47 bits per heavy atom. The van der Waals surface area contributed by atoms with E-state index in [2.05, 4.69) is 5.32 Å². The predicted molar refractivity (Wildman–Crippen MR) is 55.3 cm³/mol. The highest BCUT2D eigenvalue weighted by Gasteiger charge is 2.38. The van der Waals surface area contributed by atoms with E-state index in [0.29, 0.717) is 6.42 Å². The van der Waals surface area contributed by atoms with Gasteiger partial charge in [-0.3, -0.25) is 4.79 Å². The smallest absolute Gasteiger partial charge is 0.348 e. The summed E-state index contributed by atoms with van der Waals surface area (Å²) >= 11 is 0. The molecule has 0 saturated heterocycles. The first-order chi connectivity index (χ1) is 7.89. The van der Waals surface area contributed by atoms with Crippen LogP contribution in [0.2, 0.25) is 0 Å². The Kier molecular flexibility index (Phi) is 2.82. The zero-order valence-corrected chi connectivity index (χ0v) is 8.79. The topological polar surface area (TPSA) is 55.1 Å². The summed E-state index contributed by atoms with van der Waals surface area (Å²) in [6.07, 6.45) is -3.92. The van der Waals surface area contributed by atoms with Gasteiger partial charge in [0.05, 0.1) is 11.1 Å². The highest BCUT2D eigenvalue weighted by Crippen LogP contribution is 2.32. The van der Waals surface area contributed by atoms with Gasteiger partial charge in [0.15, 0.2) is 0 Å². The van der Waals surface area contributed by atoms with E-state index >= 15 is 0 Å². The first-order valence-electron chi connectivity index (χ1n) is 5.12. The van der Waals surface area contributed by atoms with Crippen LogP contribution in [0.3, 0.4) is 0 Å². The highest BCUT2D eigenvalue weighted by molar-refractivity contribution is 5.96. The maximum Gasteiger partial charge on any atom is 0.417 e. The molecular weight excluding hydrogens is 233 g/mol. The van der Waals surface area contributed by atoms with Gasteiger partial charge < -0.3 is 11.1 Å². The monoisotopic (exact) mass is 244 g/mol. The number of nitrogens with two attached hydrogens (primary N) is 1. The third kappa shape index (κ3) is 2.58. The van der Waals surface area contributed by atoms with Crippen LogP contribution >= 0.6 is 0 Å². The molecule has 17 heavy (non-hydrogen) atoms. The van der Waals surface area contributed by atoms with Crippen LogP contribution in [0.4, 0.5) is 13.2 Å². The van der Waals surface area contributed by atoms with Crippen LogP contribution in [-0.2, 0) is 6.18 Å². The standard InChI is InChI=1S/C11H11F3N2O/c12-11(13,14)7-4-2-1-3-6(7)10(17)16-9-5-8(9)15/h1-4,8-9H,5,15H2,(H,16,17). The molecule has 2 atom stereocenters. The molecule has 3 N–H and O–H groups in total. The van der Waals surface area contributed by atoms with Gasteiger partial charge in [0, 0.05) is 12.1 Å². The van der Waals surface area contributed by atoms with Crippen molar-refractivity contribution in [3.05, 3.63) is 35.4 Å². The number of alkyl halides is 3.